The lowest BCUT2D eigenvalue weighted by molar-refractivity contribution is 0.0601. The third-order valence-electron chi connectivity index (χ3n) is 1.58. The first-order valence-electron chi connectivity index (χ1n) is 3.57. The summed E-state index contributed by atoms with van der Waals surface area (Å²) in [4.78, 5) is 11.2. The first-order valence-corrected chi connectivity index (χ1v) is 5.03. The van der Waals surface area contributed by atoms with Crippen molar-refractivity contribution >= 4 is 40.2 Å². The number of carbonyl (C=O) groups is 1. The quantitative estimate of drug-likeness (QED) is 0.590. The standard InChI is InChI=1S/C9H5ClINO2/c1-14-9(13)6-3-8(11)5(4-12)2-7(6)10/h2-3H,1H3. The average molecular weight is 322 g/mol. The second-order valence-electron chi connectivity index (χ2n) is 2.42. The number of methoxy groups -OCH3 is 1. The molecule has 0 spiro atoms. The summed E-state index contributed by atoms with van der Waals surface area (Å²) in [6.07, 6.45) is 0. The first kappa shape index (κ1) is 11.3. The molecule has 0 aliphatic carbocycles. The Labute approximate surface area is 99.8 Å². The van der Waals surface area contributed by atoms with Gasteiger partial charge in [0.1, 0.15) is 6.07 Å². The molecule has 0 aromatic heterocycles. The number of halogens is 2. The van der Waals surface area contributed by atoms with E-state index in [1.54, 1.807) is 0 Å². The minimum Gasteiger partial charge on any atom is -0.465 e. The van der Waals surface area contributed by atoms with Gasteiger partial charge < -0.3 is 4.74 Å². The van der Waals surface area contributed by atoms with Gasteiger partial charge in [-0.15, -0.1) is 0 Å². The summed E-state index contributed by atoms with van der Waals surface area (Å²) < 4.78 is 5.21. The van der Waals surface area contributed by atoms with Crippen LogP contribution in [0.15, 0.2) is 12.1 Å². The molecule has 1 aromatic rings. The molecule has 0 heterocycles. The second kappa shape index (κ2) is 4.62. The predicted molar refractivity (Wildman–Crippen MR) is 60.2 cm³/mol. The molecular weight excluding hydrogens is 316 g/mol. The Morgan fingerprint density at radius 1 is 1.64 bits per heavy atom. The summed E-state index contributed by atoms with van der Waals surface area (Å²) in [6, 6.07) is 4.97. The predicted octanol–water partition coefficient (Wildman–Crippen LogP) is 2.60. The van der Waals surface area contributed by atoms with Gasteiger partial charge in [-0.05, 0) is 34.7 Å². The molecule has 0 fully saturated rings. The summed E-state index contributed by atoms with van der Waals surface area (Å²) in [6.45, 7) is 0. The molecular formula is C9H5ClINO2. The Bertz CT molecular complexity index is 426. The molecule has 0 bridgehead atoms. The third-order valence-corrected chi connectivity index (χ3v) is 2.79. The van der Waals surface area contributed by atoms with Gasteiger partial charge in [0.15, 0.2) is 0 Å². The number of ether oxygens (including phenoxy) is 1. The number of esters is 1. The van der Waals surface area contributed by atoms with Gasteiger partial charge >= 0.3 is 5.97 Å². The molecule has 5 heteroatoms. The normalized spacial score (nSPS) is 9.29. The molecule has 0 unspecified atom stereocenters. The molecule has 0 N–H and O–H groups in total. The van der Waals surface area contributed by atoms with Gasteiger partial charge in [0.25, 0.3) is 0 Å². The molecule has 0 aliphatic rings. The lowest BCUT2D eigenvalue weighted by atomic mass is 10.1. The van der Waals surface area contributed by atoms with Gasteiger partial charge in [-0.3, -0.25) is 0 Å². The van der Waals surface area contributed by atoms with Crippen LogP contribution in [0.5, 0.6) is 0 Å². The molecule has 3 nitrogen and oxygen atoms in total. The number of benzene rings is 1. The highest BCUT2D eigenvalue weighted by Gasteiger charge is 2.13. The Hall–Kier alpha value is -0.800. The van der Waals surface area contributed by atoms with Crippen LogP contribution in [0.25, 0.3) is 0 Å². The van der Waals surface area contributed by atoms with E-state index in [0.717, 1.165) is 0 Å². The highest BCUT2D eigenvalue weighted by atomic mass is 127. The SMILES string of the molecule is COC(=O)c1cc(I)c(C#N)cc1Cl. The zero-order chi connectivity index (χ0) is 10.7. The van der Waals surface area contributed by atoms with Crippen LogP contribution in [0.4, 0.5) is 0 Å². The zero-order valence-electron chi connectivity index (χ0n) is 7.17. The van der Waals surface area contributed by atoms with E-state index in [2.05, 4.69) is 4.74 Å². The Balaban J connectivity index is 3.30. The van der Waals surface area contributed by atoms with E-state index in [-0.39, 0.29) is 10.6 Å². The van der Waals surface area contributed by atoms with Crippen molar-refractivity contribution in [2.75, 3.05) is 7.11 Å². The molecule has 1 rings (SSSR count). The second-order valence-corrected chi connectivity index (χ2v) is 3.98. The number of rotatable bonds is 1. The summed E-state index contributed by atoms with van der Waals surface area (Å²) in [7, 11) is 1.28. The van der Waals surface area contributed by atoms with Crippen molar-refractivity contribution in [3.63, 3.8) is 0 Å². The van der Waals surface area contributed by atoms with Crippen LogP contribution in [0.1, 0.15) is 15.9 Å². The molecule has 0 atom stereocenters. The van der Waals surface area contributed by atoms with Crippen LogP contribution < -0.4 is 0 Å². The van der Waals surface area contributed by atoms with Gasteiger partial charge in [-0.1, -0.05) is 11.6 Å². The third kappa shape index (κ3) is 2.16. The summed E-state index contributed by atoms with van der Waals surface area (Å²) in [5.74, 6) is -0.502. The van der Waals surface area contributed by atoms with E-state index < -0.39 is 5.97 Å². The van der Waals surface area contributed by atoms with E-state index in [0.29, 0.717) is 9.13 Å². The lowest BCUT2D eigenvalue weighted by Gasteiger charge is -2.03. The molecule has 0 amide bonds. The van der Waals surface area contributed by atoms with Crippen molar-refractivity contribution in [3.8, 4) is 6.07 Å². The van der Waals surface area contributed by atoms with Crippen molar-refractivity contribution in [1.29, 1.82) is 5.26 Å². The molecule has 14 heavy (non-hydrogen) atoms. The van der Waals surface area contributed by atoms with Crippen molar-refractivity contribution in [2.45, 2.75) is 0 Å². The highest BCUT2D eigenvalue weighted by Crippen LogP contribution is 2.23. The topological polar surface area (TPSA) is 50.1 Å². The van der Waals surface area contributed by atoms with Gasteiger partial charge in [-0.2, -0.15) is 5.26 Å². The lowest BCUT2D eigenvalue weighted by Crippen LogP contribution is -2.03. The van der Waals surface area contributed by atoms with Crippen LogP contribution >= 0.6 is 34.2 Å². The smallest absolute Gasteiger partial charge is 0.339 e. The minimum atomic E-state index is -0.502. The van der Waals surface area contributed by atoms with Crippen molar-refractivity contribution in [3.05, 3.63) is 31.9 Å². The van der Waals surface area contributed by atoms with E-state index in [9.17, 15) is 4.79 Å². The molecule has 0 saturated carbocycles. The van der Waals surface area contributed by atoms with Crippen LogP contribution in [0, 0.1) is 14.9 Å². The molecule has 72 valence electrons. The summed E-state index contributed by atoms with van der Waals surface area (Å²) in [5, 5.41) is 8.93. The van der Waals surface area contributed by atoms with Gasteiger partial charge in [0.05, 0.1) is 23.3 Å². The zero-order valence-corrected chi connectivity index (χ0v) is 10.1. The fourth-order valence-corrected chi connectivity index (χ4v) is 1.73. The largest absolute Gasteiger partial charge is 0.465 e. The van der Waals surface area contributed by atoms with Gasteiger partial charge in [0.2, 0.25) is 0 Å². The molecule has 1 aromatic carbocycles. The summed E-state index contributed by atoms with van der Waals surface area (Å²) >= 11 is 7.76. The Morgan fingerprint density at radius 2 is 2.29 bits per heavy atom. The van der Waals surface area contributed by atoms with Crippen LogP contribution in [0.3, 0.4) is 0 Å². The van der Waals surface area contributed by atoms with Crippen LogP contribution in [-0.2, 0) is 4.74 Å². The molecule has 0 saturated heterocycles. The fraction of sp³-hybridized carbons (Fsp3) is 0.111. The minimum absolute atomic E-state index is 0.230. The fourth-order valence-electron chi connectivity index (χ4n) is 0.899. The van der Waals surface area contributed by atoms with Gasteiger partial charge in [0, 0.05) is 3.57 Å². The number of nitriles is 1. The Morgan fingerprint density at radius 3 is 2.79 bits per heavy atom. The van der Waals surface area contributed by atoms with E-state index >= 15 is 0 Å². The van der Waals surface area contributed by atoms with Crippen molar-refractivity contribution in [1.82, 2.24) is 0 Å². The van der Waals surface area contributed by atoms with E-state index in [1.807, 2.05) is 28.7 Å². The van der Waals surface area contributed by atoms with Crippen LogP contribution in [0.2, 0.25) is 5.02 Å². The first-order chi connectivity index (χ1) is 6.60. The maximum Gasteiger partial charge on any atom is 0.339 e. The Kier molecular flexibility index (Phi) is 3.72. The number of hydrogen-bond acceptors (Lipinski definition) is 3. The van der Waals surface area contributed by atoms with E-state index in [1.165, 1.54) is 19.2 Å². The molecule has 0 aliphatic heterocycles. The van der Waals surface area contributed by atoms with Crippen molar-refractivity contribution < 1.29 is 9.53 Å². The number of hydrogen-bond donors (Lipinski definition) is 0. The summed E-state index contributed by atoms with van der Waals surface area (Å²) in [5.41, 5.74) is 0.723. The number of nitrogens with zero attached hydrogens (tertiary/aromatic N) is 1. The maximum absolute atomic E-state index is 11.2. The van der Waals surface area contributed by atoms with Crippen molar-refractivity contribution in [2.24, 2.45) is 0 Å². The maximum atomic E-state index is 11.2. The van der Waals surface area contributed by atoms with E-state index in [4.69, 9.17) is 16.9 Å². The monoisotopic (exact) mass is 321 g/mol. The molecule has 0 radical (unpaired) electrons. The van der Waals surface area contributed by atoms with Gasteiger partial charge in [-0.25, -0.2) is 4.79 Å². The highest BCUT2D eigenvalue weighted by molar-refractivity contribution is 14.1. The number of carbonyl (C=O) groups excluding carboxylic acids is 1. The van der Waals surface area contributed by atoms with Crippen LogP contribution in [-0.4, -0.2) is 13.1 Å². The average Bonchev–Trinajstić information content (AvgIpc) is 2.19.